The van der Waals surface area contributed by atoms with E-state index in [9.17, 15) is 14.7 Å². The van der Waals surface area contributed by atoms with Crippen molar-refractivity contribution >= 4 is 39.1 Å². The predicted molar refractivity (Wildman–Crippen MR) is 125 cm³/mol. The zero-order chi connectivity index (χ0) is 23.0. The van der Waals surface area contributed by atoms with Crippen LogP contribution in [0.1, 0.15) is 31.9 Å². The number of anilines is 2. The van der Waals surface area contributed by atoms with Gasteiger partial charge in [-0.3, -0.25) is 9.59 Å². The second kappa shape index (κ2) is 8.86. The first-order valence-corrected chi connectivity index (χ1v) is 11.3. The lowest BCUT2D eigenvalue weighted by atomic mass is 9.75. The largest absolute Gasteiger partial charge is 0.503 e. The number of para-hydroxylation sites is 2. The molecule has 0 saturated carbocycles. The van der Waals surface area contributed by atoms with E-state index >= 15 is 0 Å². The fourth-order valence-electron chi connectivity index (χ4n) is 4.41. The van der Waals surface area contributed by atoms with E-state index < -0.39 is 17.9 Å². The van der Waals surface area contributed by atoms with E-state index in [1.165, 1.54) is 7.11 Å². The molecule has 7 nitrogen and oxygen atoms in total. The number of phenolic OH excluding ortho intramolecular Hbond substituents is 1. The SMILES string of the molecule is CCOc1cc([C@H]2Nc3ccccc3NC3=C2C(=O)[C@@H](C(=O)OC)[C@@H](C)C3)cc(Br)c1O. The molecule has 0 radical (unpaired) electrons. The van der Waals surface area contributed by atoms with Crippen molar-refractivity contribution in [1.82, 2.24) is 0 Å². The van der Waals surface area contributed by atoms with E-state index in [4.69, 9.17) is 9.47 Å². The first-order chi connectivity index (χ1) is 15.3. The topological polar surface area (TPSA) is 96.9 Å². The van der Waals surface area contributed by atoms with Gasteiger partial charge in [-0.1, -0.05) is 19.1 Å². The van der Waals surface area contributed by atoms with Crippen LogP contribution in [0.15, 0.2) is 52.1 Å². The Kier molecular flexibility index (Phi) is 6.15. The molecule has 32 heavy (non-hydrogen) atoms. The van der Waals surface area contributed by atoms with Gasteiger partial charge in [0, 0.05) is 11.3 Å². The lowest BCUT2D eigenvalue weighted by molar-refractivity contribution is -0.151. The number of esters is 1. The van der Waals surface area contributed by atoms with E-state index in [1.807, 2.05) is 38.1 Å². The number of rotatable bonds is 4. The number of halogens is 1. The average molecular weight is 501 g/mol. The number of aromatic hydroxyl groups is 1. The Morgan fingerprint density at radius 3 is 2.66 bits per heavy atom. The lowest BCUT2D eigenvalue weighted by Gasteiger charge is -2.32. The van der Waals surface area contributed by atoms with Crippen molar-refractivity contribution < 1.29 is 24.2 Å². The summed E-state index contributed by atoms with van der Waals surface area (Å²) in [6.45, 7) is 4.09. The number of Topliss-reactive ketones (excluding diaryl/α,β-unsaturated/α-hetero) is 1. The third kappa shape index (κ3) is 3.83. The maximum absolute atomic E-state index is 13.7. The van der Waals surface area contributed by atoms with Crippen LogP contribution in [0.2, 0.25) is 0 Å². The van der Waals surface area contributed by atoms with Crippen LogP contribution >= 0.6 is 15.9 Å². The normalized spacial score (nSPS) is 22.1. The number of ketones is 1. The quantitative estimate of drug-likeness (QED) is 0.410. The Morgan fingerprint density at radius 2 is 1.97 bits per heavy atom. The van der Waals surface area contributed by atoms with Crippen LogP contribution in [0.4, 0.5) is 11.4 Å². The number of nitrogens with one attached hydrogen (secondary N) is 2. The predicted octanol–water partition coefficient (Wildman–Crippen LogP) is 4.78. The van der Waals surface area contributed by atoms with Crippen LogP contribution in [0, 0.1) is 11.8 Å². The van der Waals surface area contributed by atoms with E-state index in [0.29, 0.717) is 28.8 Å². The van der Waals surface area contributed by atoms with Crippen LogP contribution in [-0.2, 0) is 14.3 Å². The third-order valence-electron chi connectivity index (χ3n) is 5.91. The maximum atomic E-state index is 13.7. The lowest BCUT2D eigenvalue weighted by Crippen LogP contribution is -2.39. The fraction of sp³-hybridized carbons (Fsp3) is 0.333. The molecule has 168 valence electrons. The fourth-order valence-corrected chi connectivity index (χ4v) is 4.87. The van der Waals surface area contributed by atoms with Crippen molar-refractivity contribution in [2.45, 2.75) is 26.3 Å². The standard InChI is InChI=1S/C24H25BrN2O5/c1-4-32-18-11-13(10-14(25)22(18)28)21-20-17(26-15-7-5-6-8-16(15)27-21)9-12(2)19(23(20)29)24(30)31-3/h5-8,10-12,19,21,26-28H,4,9H2,1-3H3/t12-,19-,21+/m0/s1. The highest BCUT2D eigenvalue weighted by atomic mass is 79.9. The monoisotopic (exact) mass is 500 g/mol. The number of carbonyl (C=O) groups excluding carboxylic acids is 2. The van der Waals surface area contributed by atoms with E-state index in [1.54, 1.807) is 12.1 Å². The molecule has 4 rings (SSSR count). The van der Waals surface area contributed by atoms with Gasteiger partial charge in [0.05, 0.1) is 35.6 Å². The van der Waals surface area contributed by atoms with Gasteiger partial charge in [0.15, 0.2) is 17.3 Å². The molecule has 0 aromatic heterocycles. The summed E-state index contributed by atoms with van der Waals surface area (Å²) in [7, 11) is 1.30. The Morgan fingerprint density at radius 1 is 1.25 bits per heavy atom. The molecule has 1 heterocycles. The van der Waals surface area contributed by atoms with Gasteiger partial charge in [-0.05, 0) is 65.0 Å². The minimum Gasteiger partial charge on any atom is -0.503 e. The Balaban J connectivity index is 1.90. The van der Waals surface area contributed by atoms with Gasteiger partial charge in [-0.25, -0.2) is 0 Å². The van der Waals surface area contributed by atoms with Crippen molar-refractivity contribution in [3.8, 4) is 11.5 Å². The summed E-state index contributed by atoms with van der Waals surface area (Å²) in [5.74, 6) is -1.59. The van der Waals surface area contributed by atoms with E-state index in [-0.39, 0.29) is 17.5 Å². The summed E-state index contributed by atoms with van der Waals surface area (Å²) in [5, 5.41) is 17.3. The van der Waals surface area contributed by atoms with Crippen molar-refractivity contribution in [2.24, 2.45) is 11.8 Å². The zero-order valence-corrected chi connectivity index (χ0v) is 19.7. The average Bonchev–Trinajstić information content (AvgIpc) is 2.93. The van der Waals surface area contributed by atoms with Crippen molar-refractivity contribution in [1.29, 1.82) is 0 Å². The van der Waals surface area contributed by atoms with Crippen LogP contribution in [0.3, 0.4) is 0 Å². The minimum atomic E-state index is -0.877. The summed E-state index contributed by atoms with van der Waals surface area (Å²) < 4.78 is 11.0. The van der Waals surface area contributed by atoms with Gasteiger partial charge in [0.25, 0.3) is 0 Å². The third-order valence-corrected chi connectivity index (χ3v) is 6.51. The smallest absolute Gasteiger partial charge is 0.316 e. The first kappa shape index (κ1) is 22.2. The molecule has 1 aliphatic carbocycles. The molecular weight excluding hydrogens is 476 g/mol. The van der Waals surface area contributed by atoms with E-state index in [2.05, 4.69) is 26.6 Å². The Labute approximate surface area is 194 Å². The summed E-state index contributed by atoms with van der Waals surface area (Å²) in [6, 6.07) is 10.6. The number of methoxy groups -OCH3 is 1. The molecule has 0 fully saturated rings. The maximum Gasteiger partial charge on any atom is 0.316 e. The molecule has 0 amide bonds. The first-order valence-electron chi connectivity index (χ1n) is 10.5. The van der Waals surface area contributed by atoms with Gasteiger partial charge >= 0.3 is 5.97 Å². The molecule has 8 heteroatoms. The molecule has 3 N–H and O–H groups in total. The highest BCUT2D eigenvalue weighted by Gasteiger charge is 2.44. The van der Waals surface area contributed by atoms with Crippen molar-refractivity contribution in [3.05, 3.63) is 57.7 Å². The minimum absolute atomic E-state index is 0.00650. The van der Waals surface area contributed by atoms with Crippen LogP contribution in [0.5, 0.6) is 11.5 Å². The van der Waals surface area contributed by atoms with Gasteiger partial charge in [0.2, 0.25) is 0 Å². The van der Waals surface area contributed by atoms with E-state index in [0.717, 1.165) is 22.6 Å². The van der Waals surface area contributed by atoms with Gasteiger partial charge in [-0.15, -0.1) is 0 Å². The number of fused-ring (bicyclic) bond motifs is 1. The second-order valence-corrected chi connectivity index (χ2v) is 8.82. The number of carbonyl (C=O) groups is 2. The molecule has 0 saturated heterocycles. The van der Waals surface area contributed by atoms with Crippen molar-refractivity contribution in [3.63, 3.8) is 0 Å². The molecule has 0 spiro atoms. The number of hydrogen-bond donors (Lipinski definition) is 3. The highest BCUT2D eigenvalue weighted by molar-refractivity contribution is 9.10. The molecule has 2 aromatic rings. The van der Waals surface area contributed by atoms with Crippen LogP contribution in [-0.4, -0.2) is 30.6 Å². The second-order valence-electron chi connectivity index (χ2n) is 7.97. The van der Waals surface area contributed by atoms with Gasteiger partial charge in [-0.2, -0.15) is 0 Å². The molecular formula is C24H25BrN2O5. The molecule has 3 atom stereocenters. The number of allylic oxidation sites excluding steroid dienone is 1. The van der Waals surface area contributed by atoms with Gasteiger partial charge in [0.1, 0.15) is 5.92 Å². The zero-order valence-electron chi connectivity index (χ0n) is 18.1. The van der Waals surface area contributed by atoms with Crippen molar-refractivity contribution in [2.75, 3.05) is 24.4 Å². The molecule has 2 aromatic carbocycles. The number of benzene rings is 2. The number of hydrogen-bond acceptors (Lipinski definition) is 7. The van der Waals surface area contributed by atoms with Crippen LogP contribution in [0.25, 0.3) is 0 Å². The summed E-state index contributed by atoms with van der Waals surface area (Å²) >= 11 is 3.40. The molecule has 2 aliphatic rings. The molecule has 0 bridgehead atoms. The summed E-state index contributed by atoms with van der Waals surface area (Å²) in [5.41, 5.74) is 3.64. The highest BCUT2D eigenvalue weighted by Crippen LogP contribution is 2.46. The van der Waals surface area contributed by atoms with Gasteiger partial charge < -0.3 is 25.2 Å². The number of ether oxygens (including phenoxy) is 2. The molecule has 1 aliphatic heterocycles. The summed E-state index contributed by atoms with van der Waals surface area (Å²) in [4.78, 5) is 26.2. The molecule has 0 unspecified atom stereocenters. The summed E-state index contributed by atoms with van der Waals surface area (Å²) in [6.07, 6.45) is 0.519. The number of phenols is 1. The Hall–Kier alpha value is -3.00. The van der Waals surface area contributed by atoms with Crippen LogP contribution < -0.4 is 15.4 Å². The Bertz CT molecular complexity index is 1110.